The lowest BCUT2D eigenvalue weighted by molar-refractivity contribution is -0.461. The van der Waals surface area contributed by atoms with Crippen molar-refractivity contribution in [2.45, 2.75) is 194 Å². The Morgan fingerprint density at radius 2 is 0.791 bits per heavy atom. The molecule has 2 unspecified atom stereocenters. The van der Waals surface area contributed by atoms with E-state index in [1.165, 1.54) is 77.0 Å². The van der Waals surface area contributed by atoms with E-state index in [2.05, 4.69) is 34.6 Å². The van der Waals surface area contributed by atoms with Crippen molar-refractivity contribution in [3.8, 4) is 0 Å². The third-order valence-electron chi connectivity index (χ3n) is 7.81. The highest BCUT2D eigenvalue weighted by molar-refractivity contribution is 4.92. The van der Waals surface area contributed by atoms with Crippen LogP contribution in [0.15, 0.2) is 0 Å². The molecule has 0 fully saturated rings. The van der Waals surface area contributed by atoms with Crippen LogP contribution < -0.4 is 0 Å². The fourth-order valence-corrected chi connectivity index (χ4v) is 5.73. The van der Waals surface area contributed by atoms with Crippen LogP contribution in [0.2, 0.25) is 0 Å². The number of hydrogen-bond donors (Lipinski definition) is 2. The van der Waals surface area contributed by atoms with E-state index < -0.39 is 23.9 Å². The lowest BCUT2D eigenvalue weighted by atomic mass is 9.98. The average molecular weight is 618 g/mol. The van der Waals surface area contributed by atoms with Crippen molar-refractivity contribution in [1.82, 2.24) is 4.90 Å². The van der Waals surface area contributed by atoms with Gasteiger partial charge < -0.3 is 29.2 Å². The van der Waals surface area contributed by atoms with Gasteiger partial charge in [-0.1, -0.05) is 118 Å². The molecule has 0 aliphatic rings. The Morgan fingerprint density at radius 1 is 0.465 bits per heavy atom. The molecule has 0 amide bonds. The lowest BCUT2D eigenvalue weighted by Crippen LogP contribution is -2.71. The molecule has 0 aliphatic heterocycles. The normalized spacial score (nSPS) is 14.1. The minimum atomic E-state index is -1.39. The fraction of sp³-hybridized carbons (Fsp3) is 1.00. The van der Waals surface area contributed by atoms with Gasteiger partial charge in [-0.2, -0.15) is 0 Å². The van der Waals surface area contributed by atoms with E-state index >= 15 is 0 Å². The molecule has 0 aromatic rings. The van der Waals surface area contributed by atoms with Gasteiger partial charge in [0.05, 0.1) is 38.6 Å². The van der Waals surface area contributed by atoms with E-state index in [9.17, 15) is 10.2 Å². The molecule has 0 aliphatic carbocycles. The van der Waals surface area contributed by atoms with Crippen molar-refractivity contribution >= 4 is 0 Å². The second kappa shape index (κ2) is 28.0. The molecular weight excluding hydrogens is 542 g/mol. The van der Waals surface area contributed by atoms with Gasteiger partial charge in [0.1, 0.15) is 0 Å². The van der Waals surface area contributed by atoms with Crippen LogP contribution in [0.5, 0.6) is 0 Å². The second-order valence-corrected chi connectivity index (χ2v) is 12.7. The summed E-state index contributed by atoms with van der Waals surface area (Å²) in [6, 6.07) is 0. The molecule has 43 heavy (non-hydrogen) atoms. The summed E-state index contributed by atoms with van der Waals surface area (Å²) in [5.41, 5.74) is 0. The smallest absolute Gasteiger partial charge is 0.287 e. The van der Waals surface area contributed by atoms with E-state index in [4.69, 9.17) is 18.9 Å². The highest BCUT2D eigenvalue weighted by Gasteiger charge is 2.60. The number of aliphatic hydroxyl groups excluding tert-OH is 2. The molecule has 0 heterocycles. The van der Waals surface area contributed by atoms with Gasteiger partial charge in [0.2, 0.25) is 5.79 Å². The zero-order chi connectivity index (χ0) is 32.2. The number of nitrogens with zero attached hydrogens (tertiary/aromatic N) is 1. The maximum absolute atomic E-state index is 10.6. The molecule has 0 aromatic carbocycles. The Balaban J connectivity index is 5.66. The second-order valence-electron chi connectivity index (χ2n) is 12.7. The highest BCUT2D eigenvalue weighted by Crippen LogP contribution is 2.41. The minimum Gasteiger partial charge on any atom is -0.392 e. The number of aliphatic hydroxyl groups is 2. The molecule has 0 saturated carbocycles. The molecule has 0 radical (unpaired) electrons. The van der Waals surface area contributed by atoms with E-state index in [-0.39, 0.29) is 13.1 Å². The predicted octanol–water partition coefficient (Wildman–Crippen LogP) is 8.98. The topological polar surface area (TPSA) is 80.6 Å². The van der Waals surface area contributed by atoms with Gasteiger partial charge in [-0.15, -0.1) is 0 Å². The summed E-state index contributed by atoms with van der Waals surface area (Å²) in [5, 5.41) is 21.1. The lowest BCUT2D eigenvalue weighted by Gasteiger charge is -2.53. The maximum atomic E-state index is 10.6. The zero-order valence-electron chi connectivity index (χ0n) is 29.8. The Morgan fingerprint density at radius 3 is 1.12 bits per heavy atom. The van der Waals surface area contributed by atoms with Crippen LogP contribution in [-0.4, -0.2) is 78.5 Å². The summed E-state index contributed by atoms with van der Waals surface area (Å²) in [6.45, 7) is 16.6. The zero-order valence-corrected chi connectivity index (χ0v) is 29.8. The predicted molar refractivity (Wildman–Crippen MR) is 180 cm³/mol. The van der Waals surface area contributed by atoms with Crippen molar-refractivity contribution in [1.29, 1.82) is 0 Å². The number of unbranched alkanes of at least 4 members (excludes halogenated alkanes) is 13. The van der Waals surface area contributed by atoms with Gasteiger partial charge in [0.15, 0.2) is 0 Å². The van der Waals surface area contributed by atoms with Crippen LogP contribution in [0.1, 0.15) is 170 Å². The van der Waals surface area contributed by atoms with E-state index in [0.717, 1.165) is 38.5 Å². The Labute approximate surface area is 267 Å². The van der Waals surface area contributed by atoms with Crippen molar-refractivity contribution < 1.29 is 29.2 Å². The van der Waals surface area contributed by atoms with Gasteiger partial charge in [0.25, 0.3) is 5.91 Å². The van der Waals surface area contributed by atoms with Crippen molar-refractivity contribution in [3.63, 3.8) is 0 Å². The molecule has 0 bridgehead atoms. The Kier molecular flexibility index (Phi) is 27.8. The molecular formula is C36H75NO6. The molecule has 0 aromatic heterocycles. The number of hydrogen-bond acceptors (Lipinski definition) is 7. The molecule has 2 N–H and O–H groups in total. The first kappa shape index (κ1) is 42.7. The van der Waals surface area contributed by atoms with Gasteiger partial charge in [0, 0.05) is 19.5 Å². The third-order valence-corrected chi connectivity index (χ3v) is 7.81. The van der Waals surface area contributed by atoms with E-state index in [0.29, 0.717) is 32.8 Å². The first-order valence-corrected chi connectivity index (χ1v) is 18.5. The van der Waals surface area contributed by atoms with Crippen LogP contribution in [0.3, 0.4) is 0 Å². The molecule has 2 atom stereocenters. The van der Waals surface area contributed by atoms with Gasteiger partial charge in [-0.25, -0.2) is 4.90 Å². The summed E-state index contributed by atoms with van der Waals surface area (Å²) in [4.78, 5) is 1.93. The highest BCUT2D eigenvalue weighted by atomic mass is 16.8. The summed E-state index contributed by atoms with van der Waals surface area (Å²) in [6.07, 6.45) is 20.8. The van der Waals surface area contributed by atoms with Crippen LogP contribution in [0.25, 0.3) is 0 Å². The van der Waals surface area contributed by atoms with E-state index in [1.54, 1.807) is 13.8 Å². The monoisotopic (exact) mass is 618 g/mol. The molecule has 0 spiro atoms. The van der Waals surface area contributed by atoms with Gasteiger partial charge in [-0.3, -0.25) is 0 Å². The van der Waals surface area contributed by atoms with Crippen LogP contribution in [0, 0.1) is 0 Å². The number of ether oxygens (including phenoxy) is 4. The Bertz CT molecular complexity index is 562. The van der Waals surface area contributed by atoms with Crippen molar-refractivity contribution in [2.75, 3.05) is 39.5 Å². The quantitative estimate of drug-likeness (QED) is 0.0562. The maximum Gasteiger partial charge on any atom is 0.287 e. The minimum absolute atomic E-state index is 0.268. The summed E-state index contributed by atoms with van der Waals surface area (Å²) < 4.78 is 26.9. The van der Waals surface area contributed by atoms with Gasteiger partial charge in [-0.05, 0) is 46.0 Å². The molecule has 0 saturated heterocycles. The molecule has 7 nitrogen and oxygen atoms in total. The first-order valence-electron chi connectivity index (χ1n) is 18.5. The standard InChI is InChI=1S/C36H75NO6/c1-8-13-14-15-16-17-18-19-20-21-22-23-24-25-26-35(40-27-9-2,41-28-10-3)36(42-29-11-4,43-30-12-5)37(31-33(6)38)32-34(7)39/h33-34,38-39H,8-32H2,1-7H3. The van der Waals surface area contributed by atoms with Crippen LogP contribution in [0.4, 0.5) is 0 Å². The van der Waals surface area contributed by atoms with Crippen LogP contribution >= 0.6 is 0 Å². The molecule has 260 valence electrons. The largest absolute Gasteiger partial charge is 0.392 e. The third kappa shape index (κ3) is 18.5. The molecule has 0 rings (SSSR count). The van der Waals surface area contributed by atoms with Gasteiger partial charge >= 0.3 is 0 Å². The average Bonchev–Trinajstić information content (AvgIpc) is 2.98. The fourth-order valence-electron chi connectivity index (χ4n) is 5.73. The van der Waals surface area contributed by atoms with E-state index in [1.807, 2.05) is 4.90 Å². The van der Waals surface area contributed by atoms with Crippen molar-refractivity contribution in [2.24, 2.45) is 0 Å². The van der Waals surface area contributed by atoms with Crippen LogP contribution in [-0.2, 0) is 18.9 Å². The SMILES string of the molecule is CCCCCCCCCCCCCCCCC(OCCC)(OCCC)C(OCCC)(OCCC)N(CC(C)O)CC(C)O. The number of rotatable bonds is 33. The summed E-state index contributed by atoms with van der Waals surface area (Å²) >= 11 is 0. The first-order chi connectivity index (χ1) is 20.8. The summed E-state index contributed by atoms with van der Waals surface area (Å²) in [7, 11) is 0. The molecule has 7 heteroatoms. The van der Waals surface area contributed by atoms with Crippen molar-refractivity contribution in [3.05, 3.63) is 0 Å². The summed E-state index contributed by atoms with van der Waals surface area (Å²) in [5.74, 6) is -2.59. The Hall–Kier alpha value is -0.280.